The smallest absolute Gasteiger partial charge is 0.238 e. The van der Waals surface area contributed by atoms with Crippen molar-refractivity contribution >= 4 is 58.0 Å². The molecule has 3 nitrogen and oxygen atoms in total. The Balaban J connectivity index is 2.05. The summed E-state index contributed by atoms with van der Waals surface area (Å²) in [6, 6.07) is 7.77. The summed E-state index contributed by atoms with van der Waals surface area (Å²) in [5.74, 6) is -0.701. The van der Waals surface area contributed by atoms with Gasteiger partial charge in [-0.3, -0.25) is 9.69 Å². The Kier molecular flexibility index (Phi) is 6.72. The molecule has 1 amide bonds. The van der Waals surface area contributed by atoms with Gasteiger partial charge in [-0.1, -0.05) is 64.6 Å². The molecule has 24 heavy (non-hydrogen) atoms. The summed E-state index contributed by atoms with van der Waals surface area (Å²) < 4.78 is 13.6. The van der Waals surface area contributed by atoms with E-state index >= 15 is 0 Å². The molecule has 0 heterocycles. The zero-order chi connectivity index (χ0) is 17.9. The first-order chi connectivity index (χ1) is 11.3. The molecule has 0 aliphatic heterocycles. The second-order valence-corrected chi connectivity index (χ2v) is 6.73. The number of nitrogens with zero attached hydrogens (tertiary/aromatic N) is 1. The van der Waals surface area contributed by atoms with Crippen LogP contribution in [0.4, 0.5) is 10.1 Å². The van der Waals surface area contributed by atoms with Crippen LogP contribution in [0.2, 0.25) is 20.1 Å². The van der Waals surface area contributed by atoms with Crippen LogP contribution in [0.25, 0.3) is 0 Å². The zero-order valence-electron chi connectivity index (χ0n) is 12.5. The fourth-order valence-electron chi connectivity index (χ4n) is 2.08. The van der Waals surface area contributed by atoms with Crippen molar-refractivity contribution < 1.29 is 9.18 Å². The molecular weight excluding hydrogens is 397 g/mol. The van der Waals surface area contributed by atoms with Crippen molar-refractivity contribution in [2.75, 3.05) is 18.9 Å². The Bertz CT molecular complexity index is 744. The van der Waals surface area contributed by atoms with E-state index in [1.165, 1.54) is 12.1 Å². The van der Waals surface area contributed by atoms with Crippen molar-refractivity contribution in [3.8, 4) is 0 Å². The first-order valence-corrected chi connectivity index (χ1v) is 8.35. The molecule has 0 unspecified atom stereocenters. The third-order valence-corrected chi connectivity index (χ3v) is 4.76. The van der Waals surface area contributed by atoms with Gasteiger partial charge >= 0.3 is 0 Å². The lowest BCUT2D eigenvalue weighted by atomic mass is 10.2. The summed E-state index contributed by atoms with van der Waals surface area (Å²) in [5.41, 5.74) is 0.648. The number of hydrogen-bond donors (Lipinski definition) is 1. The molecule has 0 spiro atoms. The Morgan fingerprint density at radius 2 is 1.71 bits per heavy atom. The van der Waals surface area contributed by atoms with E-state index in [1.807, 2.05) is 0 Å². The number of carbonyl (C=O) groups is 1. The lowest BCUT2D eigenvalue weighted by Crippen LogP contribution is -2.30. The molecule has 0 saturated carbocycles. The second kappa shape index (κ2) is 8.37. The van der Waals surface area contributed by atoms with Gasteiger partial charge in [0.25, 0.3) is 0 Å². The van der Waals surface area contributed by atoms with Gasteiger partial charge in [-0.2, -0.15) is 0 Å². The molecule has 0 fully saturated rings. The van der Waals surface area contributed by atoms with E-state index in [1.54, 1.807) is 30.1 Å². The first kappa shape index (κ1) is 19.3. The summed E-state index contributed by atoms with van der Waals surface area (Å²) in [6.07, 6.45) is 0. The number of anilines is 1. The summed E-state index contributed by atoms with van der Waals surface area (Å²) in [6.45, 7) is 0.281. The van der Waals surface area contributed by atoms with Crippen LogP contribution in [0.3, 0.4) is 0 Å². The molecule has 0 aliphatic carbocycles. The van der Waals surface area contributed by atoms with Crippen molar-refractivity contribution in [1.29, 1.82) is 0 Å². The van der Waals surface area contributed by atoms with Crippen LogP contribution in [0.15, 0.2) is 30.3 Å². The van der Waals surface area contributed by atoms with Crippen LogP contribution in [0, 0.1) is 5.82 Å². The number of nitrogens with one attached hydrogen (secondary N) is 1. The number of halogens is 5. The second-order valence-electron chi connectivity index (χ2n) is 5.16. The number of amides is 1. The predicted octanol–water partition coefficient (Wildman–Crippen LogP) is 5.51. The van der Waals surface area contributed by atoms with E-state index in [2.05, 4.69) is 5.32 Å². The maximum absolute atomic E-state index is 13.6. The fourth-order valence-corrected chi connectivity index (χ4v) is 2.98. The van der Waals surface area contributed by atoms with Crippen LogP contribution in [-0.4, -0.2) is 24.4 Å². The summed E-state index contributed by atoms with van der Waals surface area (Å²) in [5, 5.41) is 3.16. The first-order valence-electron chi connectivity index (χ1n) is 6.84. The summed E-state index contributed by atoms with van der Waals surface area (Å²) >= 11 is 24.0. The van der Waals surface area contributed by atoms with Gasteiger partial charge < -0.3 is 5.32 Å². The standard InChI is InChI=1S/C16H13Cl4FN2O/c1-23(7-9-4-2-3-5-12(9)21)8-13(24)22-16-14(19)10(17)6-11(18)15(16)20/h2-6H,7-8H2,1H3,(H,22,24). The van der Waals surface area contributed by atoms with E-state index in [0.29, 0.717) is 5.56 Å². The third kappa shape index (κ3) is 4.74. The molecule has 0 bridgehead atoms. The maximum atomic E-state index is 13.6. The van der Waals surface area contributed by atoms with E-state index in [9.17, 15) is 9.18 Å². The molecule has 0 saturated heterocycles. The SMILES string of the molecule is CN(CC(=O)Nc1c(Cl)c(Cl)cc(Cl)c1Cl)Cc1ccccc1F. The zero-order valence-corrected chi connectivity index (χ0v) is 15.6. The van der Waals surface area contributed by atoms with Crippen LogP contribution in [-0.2, 0) is 11.3 Å². The van der Waals surface area contributed by atoms with Gasteiger partial charge in [0.2, 0.25) is 5.91 Å². The van der Waals surface area contributed by atoms with Crippen molar-refractivity contribution in [2.45, 2.75) is 6.54 Å². The highest BCUT2D eigenvalue weighted by Gasteiger charge is 2.17. The van der Waals surface area contributed by atoms with Crippen molar-refractivity contribution in [3.63, 3.8) is 0 Å². The normalized spacial score (nSPS) is 11.0. The number of likely N-dealkylation sites (N-methyl/N-ethyl adjacent to an activating group) is 1. The van der Waals surface area contributed by atoms with Gasteiger partial charge in [-0.15, -0.1) is 0 Å². The molecule has 2 aromatic carbocycles. The van der Waals surface area contributed by atoms with Crippen molar-refractivity contribution in [2.24, 2.45) is 0 Å². The monoisotopic (exact) mass is 408 g/mol. The lowest BCUT2D eigenvalue weighted by molar-refractivity contribution is -0.117. The number of hydrogen-bond acceptors (Lipinski definition) is 2. The highest BCUT2D eigenvalue weighted by Crippen LogP contribution is 2.40. The van der Waals surface area contributed by atoms with Crippen LogP contribution in [0.1, 0.15) is 5.56 Å². The minimum atomic E-state index is -0.379. The predicted molar refractivity (Wildman–Crippen MR) is 97.8 cm³/mol. The van der Waals surface area contributed by atoms with Gasteiger partial charge in [0, 0.05) is 12.1 Å². The maximum Gasteiger partial charge on any atom is 0.238 e. The number of rotatable bonds is 5. The Morgan fingerprint density at radius 3 is 2.29 bits per heavy atom. The molecule has 2 rings (SSSR count). The Morgan fingerprint density at radius 1 is 1.12 bits per heavy atom. The molecular formula is C16H13Cl4FN2O. The van der Waals surface area contributed by atoms with E-state index < -0.39 is 0 Å². The minimum absolute atomic E-state index is 0.00508. The topological polar surface area (TPSA) is 32.3 Å². The van der Waals surface area contributed by atoms with Crippen molar-refractivity contribution in [3.05, 3.63) is 61.8 Å². The molecule has 0 atom stereocenters. The van der Waals surface area contributed by atoms with Gasteiger partial charge in [-0.05, 0) is 19.2 Å². The third-order valence-electron chi connectivity index (χ3n) is 3.19. The van der Waals surface area contributed by atoms with E-state index in [0.717, 1.165) is 0 Å². The number of carbonyl (C=O) groups excluding carboxylic acids is 1. The molecule has 1 N–H and O–H groups in total. The number of benzene rings is 2. The van der Waals surface area contributed by atoms with Crippen LogP contribution < -0.4 is 5.32 Å². The largest absolute Gasteiger partial charge is 0.322 e. The Labute approximate surface area is 159 Å². The van der Waals surface area contributed by atoms with Gasteiger partial charge in [0.15, 0.2) is 0 Å². The van der Waals surface area contributed by atoms with Crippen LogP contribution in [0.5, 0.6) is 0 Å². The quantitative estimate of drug-likeness (QED) is 0.660. The molecule has 0 radical (unpaired) electrons. The lowest BCUT2D eigenvalue weighted by Gasteiger charge is -2.18. The highest BCUT2D eigenvalue weighted by molar-refractivity contribution is 6.50. The van der Waals surface area contributed by atoms with Crippen molar-refractivity contribution in [1.82, 2.24) is 4.90 Å². The summed E-state index contributed by atoms with van der Waals surface area (Å²) in [4.78, 5) is 13.8. The average Bonchev–Trinajstić information content (AvgIpc) is 2.52. The van der Waals surface area contributed by atoms with Crippen LogP contribution >= 0.6 is 46.4 Å². The average molecular weight is 410 g/mol. The summed E-state index contributed by atoms with van der Waals surface area (Å²) in [7, 11) is 1.69. The van der Waals surface area contributed by atoms with Gasteiger partial charge in [0.1, 0.15) is 5.82 Å². The molecule has 2 aromatic rings. The fraction of sp³-hybridized carbons (Fsp3) is 0.188. The molecule has 8 heteroatoms. The highest BCUT2D eigenvalue weighted by atomic mass is 35.5. The van der Waals surface area contributed by atoms with E-state index in [4.69, 9.17) is 46.4 Å². The Hall–Kier alpha value is -1.04. The molecule has 0 aliphatic rings. The van der Waals surface area contributed by atoms with Gasteiger partial charge in [-0.25, -0.2) is 4.39 Å². The minimum Gasteiger partial charge on any atom is -0.322 e. The molecule has 128 valence electrons. The van der Waals surface area contributed by atoms with E-state index in [-0.39, 0.29) is 50.6 Å². The molecule has 0 aromatic heterocycles. The van der Waals surface area contributed by atoms with Gasteiger partial charge in [0.05, 0.1) is 32.3 Å².